The summed E-state index contributed by atoms with van der Waals surface area (Å²) in [4.78, 5) is 10.7. The van der Waals surface area contributed by atoms with Gasteiger partial charge in [0.2, 0.25) is 0 Å². The molecule has 0 saturated heterocycles. The molecule has 2 rings (SSSR count). The molecule has 0 unspecified atom stereocenters. The van der Waals surface area contributed by atoms with Crippen LogP contribution in [0.4, 0.5) is 0 Å². The molecule has 1 aromatic heterocycles. The lowest BCUT2D eigenvalue weighted by Crippen LogP contribution is -2.09. The minimum absolute atomic E-state index is 0.0402. The van der Waals surface area contributed by atoms with Crippen LogP contribution in [0, 0.1) is 0 Å². The maximum atomic E-state index is 11.2. The van der Waals surface area contributed by atoms with E-state index in [0.717, 1.165) is 19.0 Å². The Morgan fingerprint density at radius 1 is 1.60 bits per heavy atom. The van der Waals surface area contributed by atoms with Crippen LogP contribution in [0.1, 0.15) is 29.2 Å². The number of rotatable bonds is 3. The van der Waals surface area contributed by atoms with Crippen LogP contribution >= 0.6 is 10.7 Å². The van der Waals surface area contributed by atoms with Gasteiger partial charge in [0, 0.05) is 10.7 Å². The Balaban J connectivity index is 2.64. The van der Waals surface area contributed by atoms with Gasteiger partial charge < -0.3 is 5.11 Å². The number of aromatic carboxylic acids is 1. The zero-order chi connectivity index (χ0) is 11.2. The fraction of sp³-hybridized carbons (Fsp3) is 0.429. The fourth-order valence-corrected chi connectivity index (χ4v) is 2.60. The van der Waals surface area contributed by atoms with E-state index in [1.165, 1.54) is 4.68 Å². The Bertz CT molecular complexity index is 517. The summed E-state index contributed by atoms with van der Waals surface area (Å²) in [5.41, 5.74) is -0.378. The number of carbonyl (C=O) groups is 1. The molecule has 0 amide bonds. The molecule has 0 radical (unpaired) electrons. The summed E-state index contributed by atoms with van der Waals surface area (Å²) in [6.07, 6.45) is 2.59. The lowest BCUT2D eigenvalue weighted by molar-refractivity contribution is 0.0692. The number of hydrogen-bond acceptors (Lipinski definition) is 4. The summed E-state index contributed by atoms with van der Waals surface area (Å²) < 4.78 is 23.6. The van der Waals surface area contributed by atoms with E-state index in [1.54, 1.807) is 0 Å². The first kappa shape index (κ1) is 10.4. The summed E-state index contributed by atoms with van der Waals surface area (Å²) in [6.45, 7) is 0. The maximum absolute atomic E-state index is 11.2. The van der Waals surface area contributed by atoms with Crippen LogP contribution in [0.25, 0.3) is 0 Å². The molecule has 82 valence electrons. The van der Waals surface area contributed by atoms with Crippen LogP contribution in [0.3, 0.4) is 0 Å². The standard InChI is InChI=1S/C7H7ClN2O4S/c8-15(13,14)6-5(7(11)12)3-9-10(6)4-1-2-4/h3-4H,1-2H2,(H,11,12). The Hall–Kier alpha value is -1.08. The highest BCUT2D eigenvalue weighted by Crippen LogP contribution is 2.37. The van der Waals surface area contributed by atoms with Crippen LogP contribution in [-0.4, -0.2) is 29.3 Å². The second-order valence-electron chi connectivity index (χ2n) is 3.28. The van der Waals surface area contributed by atoms with Crippen molar-refractivity contribution in [3.05, 3.63) is 11.8 Å². The van der Waals surface area contributed by atoms with E-state index in [9.17, 15) is 13.2 Å². The molecule has 0 aromatic carbocycles. The summed E-state index contributed by atoms with van der Waals surface area (Å²) in [7, 11) is 1.10. The van der Waals surface area contributed by atoms with Gasteiger partial charge in [-0.2, -0.15) is 5.10 Å². The van der Waals surface area contributed by atoms with Crippen molar-refractivity contribution in [3.63, 3.8) is 0 Å². The minimum Gasteiger partial charge on any atom is -0.478 e. The van der Waals surface area contributed by atoms with E-state index in [1.807, 2.05) is 0 Å². The van der Waals surface area contributed by atoms with Crippen molar-refractivity contribution in [3.8, 4) is 0 Å². The highest BCUT2D eigenvalue weighted by molar-refractivity contribution is 8.13. The number of carboxylic acids is 1. The monoisotopic (exact) mass is 250 g/mol. The lowest BCUT2D eigenvalue weighted by atomic mass is 10.4. The predicted octanol–water partition coefficient (Wildman–Crippen LogP) is 0.844. The third-order valence-corrected chi connectivity index (χ3v) is 3.41. The van der Waals surface area contributed by atoms with Gasteiger partial charge in [-0.05, 0) is 12.8 Å². The average Bonchev–Trinajstić information content (AvgIpc) is 2.81. The van der Waals surface area contributed by atoms with E-state index >= 15 is 0 Å². The maximum Gasteiger partial charge on any atom is 0.340 e. The Morgan fingerprint density at radius 3 is 2.60 bits per heavy atom. The van der Waals surface area contributed by atoms with Gasteiger partial charge in [-0.3, -0.25) is 0 Å². The molecule has 15 heavy (non-hydrogen) atoms. The number of carboxylic acid groups (broad SMARTS) is 1. The van der Waals surface area contributed by atoms with Crippen LogP contribution in [0.5, 0.6) is 0 Å². The first-order chi connectivity index (χ1) is 6.91. The molecule has 0 spiro atoms. The van der Waals surface area contributed by atoms with E-state index in [-0.39, 0.29) is 11.6 Å². The van der Waals surface area contributed by atoms with Gasteiger partial charge in [-0.1, -0.05) is 0 Å². The van der Waals surface area contributed by atoms with Gasteiger partial charge in [0.05, 0.1) is 12.2 Å². The quantitative estimate of drug-likeness (QED) is 0.803. The molecule has 6 nitrogen and oxygen atoms in total. The van der Waals surface area contributed by atoms with Gasteiger partial charge in [-0.25, -0.2) is 17.9 Å². The van der Waals surface area contributed by atoms with E-state index < -0.39 is 20.0 Å². The summed E-state index contributed by atoms with van der Waals surface area (Å²) in [5, 5.41) is 12.1. The van der Waals surface area contributed by atoms with Gasteiger partial charge in [-0.15, -0.1) is 0 Å². The molecule has 1 saturated carbocycles. The zero-order valence-electron chi connectivity index (χ0n) is 7.42. The normalized spacial score (nSPS) is 16.6. The number of halogens is 1. The van der Waals surface area contributed by atoms with Crippen molar-refractivity contribution in [2.24, 2.45) is 0 Å². The third kappa shape index (κ3) is 1.84. The first-order valence-electron chi connectivity index (χ1n) is 4.16. The van der Waals surface area contributed by atoms with Crippen molar-refractivity contribution >= 4 is 25.7 Å². The smallest absolute Gasteiger partial charge is 0.340 e. The third-order valence-electron chi connectivity index (χ3n) is 2.10. The first-order valence-corrected chi connectivity index (χ1v) is 6.47. The topological polar surface area (TPSA) is 89.3 Å². The molecule has 1 fully saturated rings. The SMILES string of the molecule is O=C(O)c1cnn(C2CC2)c1S(=O)(=O)Cl. The highest BCUT2D eigenvalue weighted by Gasteiger charge is 2.34. The summed E-state index contributed by atoms with van der Waals surface area (Å²) >= 11 is 0. The Morgan fingerprint density at radius 2 is 2.20 bits per heavy atom. The second kappa shape index (κ2) is 3.21. The van der Waals surface area contributed by atoms with Gasteiger partial charge in [0.1, 0.15) is 5.56 Å². The Labute approximate surface area is 89.9 Å². The van der Waals surface area contributed by atoms with Crippen LogP contribution in [-0.2, 0) is 9.05 Å². The van der Waals surface area contributed by atoms with Crippen molar-refractivity contribution in [2.75, 3.05) is 0 Å². The average molecular weight is 251 g/mol. The lowest BCUT2D eigenvalue weighted by Gasteiger charge is -2.02. The second-order valence-corrected chi connectivity index (χ2v) is 5.76. The predicted molar refractivity (Wildman–Crippen MR) is 50.5 cm³/mol. The van der Waals surface area contributed by atoms with E-state index in [2.05, 4.69) is 5.10 Å². The van der Waals surface area contributed by atoms with Crippen molar-refractivity contribution in [1.82, 2.24) is 9.78 Å². The number of nitrogens with zero attached hydrogens (tertiary/aromatic N) is 2. The molecule has 1 heterocycles. The molecule has 0 atom stereocenters. The van der Waals surface area contributed by atoms with E-state index in [0.29, 0.717) is 0 Å². The molecule has 1 aliphatic rings. The molecular weight excluding hydrogens is 244 g/mol. The molecule has 1 aromatic rings. The minimum atomic E-state index is -4.08. The van der Waals surface area contributed by atoms with Crippen LogP contribution in [0.2, 0.25) is 0 Å². The van der Waals surface area contributed by atoms with E-state index in [4.69, 9.17) is 15.8 Å². The number of aromatic nitrogens is 2. The highest BCUT2D eigenvalue weighted by atomic mass is 35.7. The number of hydrogen-bond donors (Lipinski definition) is 1. The summed E-state index contributed by atoms with van der Waals surface area (Å²) in [5.74, 6) is -1.35. The molecular formula is C7H7ClN2O4S. The van der Waals surface area contributed by atoms with Crippen molar-refractivity contribution in [2.45, 2.75) is 23.9 Å². The van der Waals surface area contributed by atoms with Crippen LogP contribution in [0.15, 0.2) is 11.2 Å². The van der Waals surface area contributed by atoms with Crippen LogP contribution < -0.4 is 0 Å². The molecule has 8 heteroatoms. The zero-order valence-corrected chi connectivity index (χ0v) is 8.99. The fourth-order valence-electron chi connectivity index (χ4n) is 1.32. The Kier molecular flexibility index (Phi) is 2.23. The van der Waals surface area contributed by atoms with Crippen molar-refractivity contribution in [1.29, 1.82) is 0 Å². The van der Waals surface area contributed by atoms with Gasteiger partial charge in [0.25, 0.3) is 9.05 Å². The van der Waals surface area contributed by atoms with Crippen molar-refractivity contribution < 1.29 is 18.3 Å². The summed E-state index contributed by atoms with van der Waals surface area (Å²) in [6, 6.07) is -0.0402. The molecule has 1 N–H and O–H groups in total. The molecule has 0 bridgehead atoms. The molecule has 1 aliphatic carbocycles. The molecule has 0 aliphatic heterocycles. The van der Waals surface area contributed by atoms with Gasteiger partial charge in [0.15, 0.2) is 5.03 Å². The van der Waals surface area contributed by atoms with Gasteiger partial charge >= 0.3 is 5.97 Å². The largest absolute Gasteiger partial charge is 0.478 e.